The summed E-state index contributed by atoms with van der Waals surface area (Å²) >= 11 is 0. The molecule has 0 bridgehead atoms. The van der Waals surface area contributed by atoms with Crippen LogP contribution in [0.25, 0.3) is 0 Å². The molecule has 1 atom stereocenters. The zero-order valence-electron chi connectivity index (χ0n) is 15.9. The van der Waals surface area contributed by atoms with Crippen LogP contribution in [0.1, 0.15) is 40.5 Å². The summed E-state index contributed by atoms with van der Waals surface area (Å²) in [4.78, 5) is 17.0. The normalized spacial score (nSPS) is 12.0. The summed E-state index contributed by atoms with van der Waals surface area (Å²) < 4.78 is 15.2. The molecular weight excluding hydrogens is 341 g/mol. The Bertz CT molecular complexity index is 931. The summed E-state index contributed by atoms with van der Waals surface area (Å²) in [7, 11) is 1.88. The van der Waals surface area contributed by atoms with Gasteiger partial charge in [-0.2, -0.15) is 0 Å². The van der Waals surface area contributed by atoms with Crippen molar-refractivity contribution in [2.24, 2.45) is 7.05 Å². The minimum Gasteiger partial charge on any atom is -0.342 e. The number of halogens is 1. The quantitative estimate of drug-likeness (QED) is 0.717. The molecule has 27 heavy (non-hydrogen) atoms. The smallest absolute Gasteiger partial charge is 0.221 e. The van der Waals surface area contributed by atoms with E-state index in [1.54, 1.807) is 18.3 Å². The van der Waals surface area contributed by atoms with Gasteiger partial charge in [-0.3, -0.25) is 4.79 Å². The molecule has 0 saturated heterocycles. The van der Waals surface area contributed by atoms with Crippen LogP contribution < -0.4 is 5.32 Å². The SMILES string of the molecule is Cc1ccc(CCC(=O)N[C@@H](c2ccc(F)cc2)c2nccn2C)c(C)c1. The van der Waals surface area contributed by atoms with Gasteiger partial charge >= 0.3 is 0 Å². The average Bonchev–Trinajstić information content (AvgIpc) is 3.05. The van der Waals surface area contributed by atoms with E-state index < -0.39 is 6.04 Å². The Morgan fingerprint density at radius 1 is 1.19 bits per heavy atom. The molecule has 5 heteroatoms. The van der Waals surface area contributed by atoms with E-state index >= 15 is 0 Å². The highest BCUT2D eigenvalue weighted by Crippen LogP contribution is 2.21. The minimum absolute atomic E-state index is 0.0627. The fourth-order valence-electron chi connectivity index (χ4n) is 3.22. The highest BCUT2D eigenvalue weighted by atomic mass is 19.1. The Hall–Kier alpha value is -2.95. The standard InChI is InChI=1S/C22H24FN3O/c1-15-4-5-17(16(2)14-15)8-11-20(27)25-21(22-24-12-13-26(22)3)18-6-9-19(23)10-7-18/h4-7,9-10,12-14,21H,8,11H2,1-3H3,(H,25,27)/t21-/m0/s1. The second-order valence-corrected chi connectivity index (χ2v) is 6.88. The highest BCUT2D eigenvalue weighted by Gasteiger charge is 2.20. The van der Waals surface area contributed by atoms with Crippen molar-refractivity contribution in [2.45, 2.75) is 32.7 Å². The number of hydrogen-bond donors (Lipinski definition) is 1. The first-order valence-corrected chi connectivity index (χ1v) is 9.02. The molecule has 0 aliphatic carbocycles. The molecule has 1 N–H and O–H groups in total. The molecule has 3 rings (SSSR count). The van der Waals surface area contributed by atoms with Crippen molar-refractivity contribution in [3.8, 4) is 0 Å². The number of imidazole rings is 1. The first-order valence-electron chi connectivity index (χ1n) is 9.02. The number of benzene rings is 2. The molecule has 0 saturated carbocycles. The lowest BCUT2D eigenvalue weighted by atomic mass is 10.0. The van der Waals surface area contributed by atoms with Crippen LogP contribution in [0.3, 0.4) is 0 Å². The molecule has 1 aromatic heterocycles. The predicted octanol–water partition coefficient (Wildman–Crippen LogP) is 4.01. The molecule has 2 aromatic carbocycles. The Labute approximate surface area is 159 Å². The Balaban J connectivity index is 1.74. The van der Waals surface area contributed by atoms with Crippen LogP contribution in [0, 0.1) is 19.7 Å². The Morgan fingerprint density at radius 2 is 1.93 bits per heavy atom. The monoisotopic (exact) mass is 365 g/mol. The minimum atomic E-state index is -0.419. The van der Waals surface area contributed by atoms with E-state index in [1.807, 2.05) is 17.8 Å². The fraction of sp³-hybridized carbons (Fsp3) is 0.273. The van der Waals surface area contributed by atoms with Crippen molar-refractivity contribution in [1.82, 2.24) is 14.9 Å². The van der Waals surface area contributed by atoms with Crippen molar-refractivity contribution < 1.29 is 9.18 Å². The second-order valence-electron chi connectivity index (χ2n) is 6.88. The number of carbonyl (C=O) groups excluding carboxylic acids is 1. The zero-order valence-corrected chi connectivity index (χ0v) is 15.9. The van der Waals surface area contributed by atoms with Gasteiger partial charge in [-0.15, -0.1) is 0 Å². The summed E-state index contributed by atoms with van der Waals surface area (Å²) in [5.41, 5.74) is 4.38. The lowest BCUT2D eigenvalue weighted by molar-refractivity contribution is -0.121. The number of aromatic nitrogens is 2. The maximum absolute atomic E-state index is 13.3. The van der Waals surface area contributed by atoms with Crippen LogP contribution in [-0.4, -0.2) is 15.5 Å². The van der Waals surface area contributed by atoms with Gasteiger partial charge in [-0.25, -0.2) is 9.37 Å². The molecule has 0 aliphatic heterocycles. The van der Waals surface area contributed by atoms with E-state index in [0.29, 0.717) is 18.7 Å². The van der Waals surface area contributed by atoms with Gasteiger partial charge in [-0.05, 0) is 49.1 Å². The van der Waals surface area contributed by atoms with Crippen molar-refractivity contribution in [3.05, 3.63) is 88.8 Å². The lowest BCUT2D eigenvalue weighted by Crippen LogP contribution is -2.31. The van der Waals surface area contributed by atoms with Crippen LogP contribution >= 0.6 is 0 Å². The maximum Gasteiger partial charge on any atom is 0.221 e. The third-order valence-electron chi connectivity index (χ3n) is 4.74. The van der Waals surface area contributed by atoms with E-state index in [-0.39, 0.29) is 11.7 Å². The van der Waals surface area contributed by atoms with E-state index in [4.69, 9.17) is 0 Å². The van der Waals surface area contributed by atoms with Gasteiger partial charge in [-0.1, -0.05) is 35.9 Å². The molecule has 1 amide bonds. The molecule has 0 radical (unpaired) electrons. The molecule has 0 fully saturated rings. The van der Waals surface area contributed by atoms with Crippen LogP contribution in [-0.2, 0) is 18.3 Å². The van der Waals surface area contributed by atoms with Crippen LogP contribution in [0.4, 0.5) is 4.39 Å². The van der Waals surface area contributed by atoms with Crippen molar-refractivity contribution in [3.63, 3.8) is 0 Å². The van der Waals surface area contributed by atoms with Crippen LogP contribution in [0.2, 0.25) is 0 Å². The van der Waals surface area contributed by atoms with Crippen molar-refractivity contribution in [2.75, 3.05) is 0 Å². The molecule has 1 heterocycles. The van der Waals surface area contributed by atoms with Gasteiger partial charge in [0.2, 0.25) is 5.91 Å². The summed E-state index contributed by atoms with van der Waals surface area (Å²) in [5.74, 6) is 0.340. The topological polar surface area (TPSA) is 46.9 Å². The van der Waals surface area contributed by atoms with Gasteiger partial charge in [0.25, 0.3) is 0 Å². The lowest BCUT2D eigenvalue weighted by Gasteiger charge is -2.19. The van der Waals surface area contributed by atoms with E-state index in [9.17, 15) is 9.18 Å². The number of nitrogens with zero attached hydrogens (tertiary/aromatic N) is 2. The van der Waals surface area contributed by atoms with Crippen LogP contribution in [0.5, 0.6) is 0 Å². The van der Waals surface area contributed by atoms with Crippen LogP contribution in [0.15, 0.2) is 54.9 Å². The first-order chi connectivity index (χ1) is 12.9. The molecule has 0 aliphatic rings. The first kappa shape index (κ1) is 18.8. The van der Waals surface area contributed by atoms with E-state index in [1.165, 1.54) is 28.8 Å². The molecule has 0 spiro atoms. The predicted molar refractivity (Wildman–Crippen MR) is 104 cm³/mol. The molecule has 140 valence electrons. The highest BCUT2D eigenvalue weighted by molar-refractivity contribution is 5.77. The number of nitrogens with one attached hydrogen (secondary N) is 1. The molecular formula is C22H24FN3O. The number of carbonyl (C=O) groups is 1. The number of aryl methyl sites for hydroxylation is 4. The van der Waals surface area contributed by atoms with E-state index in [0.717, 1.165) is 5.56 Å². The largest absolute Gasteiger partial charge is 0.342 e. The summed E-state index contributed by atoms with van der Waals surface area (Å²) in [6.45, 7) is 4.12. The third kappa shape index (κ3) is 4.61. The maximum atomic E-state index is 13.3. The fourth-order valence-corrected chi connectivity index (χ4v) is 3.22. The zero-order chi connectivity index (χ0) is 19.4. The average molecular weight is 365 g/mol. The van der Waals surface area contributed by atoms with Gasteiger partial charge in [0.1, 0.15) is 17.7 Å². The molecule has 3 aromatic rings. The summed E-state index contributed by atoms with van der Waals surface area (Å²) in [5, 5.41) is 3.05. The van der Waals surface area contributed by atoms with Gasteiger partial charge in [0.15, 0.2) is 0 Å². The Kier molecular flexibility index (Phi) is 5.69. The van der Waals surface area contributed by atoms with Crippen molar-refractivity contribution in [1.29, 1.82) is 0 Å². The number of amides is 1. The third-order valence-corrected chi connectivity index (χ3v) is 4.74. The van der Waals surface area contributed by atoms with E-state index in [2.05, 4.69) is 42.3 Å². The van der Waals surface area contributed by atoms with Gasteiger partial charge in [0.05, 0.1) is 0 Å². The molecule has 4 nitrogen and oxygen atoms in total. The summed E-state index contributed by atoms with van der Waals surface area (Å²) in [6, 6.07) is 12.0. The Morgan fingerprint density at radius 3 is 2.56 bits per heavy atom. The number of rotatable bonds is 6. The second kappa shape index (κ2) is 8.16. The van der Waals surface area contributed by atoms with Crippen molar-refractivity contribution >= 4 is 5.91 Å². The number of hydrogen-bond acceptors (Lipinski definition) is 2. The van der Waals surface area contributed by atoms with Gasteiger partial charge < -0.3 is 9.88 Å². The summed E-state index contributed by atoms with van der Waals surface area (Å²) in [6.07, 6.45) is 4.57. The van der Waals surface area contributed by atoms with Gasteiger partial charge in [0, 0.05) is 25.9 Å². The molecule has 0 unspecified atom stereocenters.